The Morgan fingerprint density at radius 3 is 2.52 bits per heavy atom. The minimum atomic E-state index is -0.544. The second kappa shape index (κ2) is 7.02. The van der Waals surface area contributed by atoms with Crippen molar-refractivity contribution in [2.24, 2.45) is 11.7 Å². The van der Waals surface area contributed by atoms with Crippen LogP contribution in [0.4, 0.5) is 0 Å². The van der Waals surface area contributed by atoms with E-state index in [0.717, 1.165) is 18.6 Å². The van der Waals surface area contributed by atoms with Crippen molar-refractivity contribution in [1.29, 1.82) is 0 Å². The van der Waals surface area contributed by atoms with Gasteiger partial charge in [0, 0.05) is 12.8 Å². The lowest BCUT2D eigenvalue weighted by atomic mass is 10.0. The molecule has 5 nitrogen and oxygen atoms in total. The molecule has 1 heterocycles. The zero-order valence-corrected chi connectivity index (χ0v) is 13.3. The topological polar surface area (TPSA) is 72.6 Å². The van der Waals surface area contributed by atoms with Crippen LogP contribution in [-0.4, -0.2) is 35.4 Å². The van der Waals surface area contributed by atoms with Crippen molar-refractivity contribution in [1.82, 2.24) is 4.90 Å². The van der Waals surface area contributed by atoms with Gasteiger partial charge >= 0.3 is 0 Å². The number of carbonyl (C=O) groups is 2. The molecule has 0 unspecified atom stereocenters. The Morgan fingerprint density at radius 1 is 1.17 bits per heavy atom. The molecule has 3 rings (SSSR count). The molecule has 2 aliphatic rings. The van der Waals surface area contributed by atoms with E-state index >= 15 is 0 Å². The van der Waals surface area contributed by atoms with Gasteiger partial charge in [0.05, 0.1) is 6.54 Å². The zero-order chi connectivity index (χ0) is 16.2. The molecule has 0 radical (unpaired) electrons. The van der Waals surface area contributed by atoms with E-state index in [0.29, 0.717) is 25.3 Å². The Morgan fingerprint density at radius 2 is 1.87 bits per heavy atom. The van der Waals surface area contributed by atoms with Crippen molar-refractivity contribution in [2.75, 3.05) is 6.54 Å². The molecule has 0 spiro atoms. The lowest BCUT2D eigenvalue weighted by molar-refractivity contribution is -0.138. The smallest absolute Gasteiger partial charge is 0.240 e. The van der Waals surface area contributed by atoms with Crippen molar-refractivity contribution in [3.8, 4) is 5.75 Å². The van der Waals surface area contributed by atoms with Crippen LogP contribution in [0.2, 0.25) is 0 Å². The molecule has 0 aromatic heterocycles. The highest BCUT2D eigenvalue weighted by Gasteiger charge is 2.40. The summed E-state index contributed by atoms with van der Waals surface area (Å²) >= 11 is 0. The third kappa shape index (κ3) is 3.84. The lowest BCUT2D eigenvalue weighted by Crippen LogP contribution is -2.44. The molecule has 1 aliphatic heterocycles. The number of para-hydroxylation sites is 1. The van der Waals surface area contributed by atoms with Crippen molar-refractivity contribution in [3.63, 3.8) is 0 Å². The van der Waals surface area contributed by atoms with Crippen LogP contribution in [0.25, 0.3) is 0 Å². The van der Waals surface area contributed by atoms with E-state index in [1.54, 1.807) is 4.90 Å². The maximum atomic E-state index is 12.6. The van der Waals surface area contributed by atoms with Crippen molar-refractivity contribution in [3.05, 3.63) is 30.3 Å². The fourth-order valence-electron chi connectivity index (χ4n) is 3.70. The van der Waals surface area contributed by atoms with Gasteiger partial charge in [-0.3, -0.25) is 9.59 Å². The average Bonchev–Trinajstić information content (AvgIpc) is 3.18. The van der Waals surface area contributed by atoms with Gasteiger partial charge in [0.1, 0.15) is 17.9 Å². The molecule has 2 atom stereocenters. The van der Waals surface area contributed by atoms with Gasteiger partial charge in [0.25, 0.3) is 0 Å². The van der Waals surface area contributed by atoms with Crippen LogP contribution >= 0.6 is 0 Å². The lowest BCUT2D eigenvalue weighted by Gasteiger charge is -2.23. The first kappa shape index (κ1) is 15.8. The highest BCUT2D eigenvalue weighted by Crippen LogP contribution is 2.30. The number of nitrogens with two attached hydrogens (primary N) is 1. The molecule has 1 aromatic rings. The summed E-state index contributed by atoms with van der Waals surface area (Å²) in [5.41, 5.74) is 5.50. The third-order valence-electron chi connectivity index (χ3n) is 4.90. The Labute approximate surface area is 136 Å². The van der Waals surface area contributed by atoms with Crippen LogP contribution in [0.3, 0.4) is 0 Å². The normalized spacial score (nSPS) is 24.8. The summed E-state index contributed by atoms with van der Waals surface area (Å²) in [4.78, 5) is 25.9. The quantitative estimate of drug-likeness (QED) is 0.904. The van der Waals surface area contributed by atoms with Crippen LogP contribution in [0.5, 0.6) is 5.75 Å². The summed E-state index contributed by atoms with van der Waals surface area (Å²) in [5, 5.41) is 0. The monoisotopic (exact) mass is 316 g/mol. The SMILES string of the molecule is NC(=O)[C@@H]1C[C@H](Oc2ccccc2)CN1C(=O)CC1CCCC1. The fourth-order valence-corrected chi connectivity index (χ4v) is 3.70. The first-order valence-corrected chi connectivity index (χ1v) is 8.44. The van der Waals surface area contributed by atoms with Crippen molar-refractivity contribution >= 4 is 11.8 Å². The molecule has 2 N–H and O–H groups in total. The second-order valence-corrected chi connectivity index (χ2v) is 6.61. The molecular formula is C18H24N2O3. The molecule has 2 amide bonds. The molecule has 1 aromatic carbocycles. The summed E-state index contributed by atoms with van der Waals surface area (Å²) in [6, 6.07) is 8.94. The molecule has 5 heteroatoms. The number of carbonyl (C=O) groups excluding carboxylic acids is 2. The maximum absolute atomic E-state index is 12.6. The molecule has 1 aliphatic carbocycles. The molecule has 2 fully saturated rings. The Hall–Kier alpha value is -2.04. The summed E-state index contributed by atoms with van der Waals surface area (Å²) in [7, 11) is 0. The van der Waals surface area contributed by atoms with Gasteiger partial charge in [-0.2, -0.15) is 0 Å². The van der Waals surface area contributed by atoms with Crippen LogP contribution in [0, 0.1) is 5.92 Å². The Balaban J connectivity index is 1.63. The van der Waals surface area contributed by atoms with E-state index in [4.69, 9.17) is 10.5 Å². The van der Waals surface area contributed by atoms with E-state index in [9.17, 15) is 9.59 Å². The summed E-state index contributed by atoms with van der Waals surface area (Å²) in [5.74, 6) is 0.819. The Bertz CT molecular complexity index is 555. The van der Waals surface area contributed by atoms with Crippen LogP contribution in [-0.2, 0) is 9.59 Å². The van der Waals surface area contributed by atoms with Gasteiger partial charge in [-0.05, 0) is 30.9 Å². The molecule has 23 heavy (non-hydrogen) atoms. The zero-order valence-electron chi connectivity index (χ0n) is 13.3. The fraction of sp³-hybridized carbons (Fsp3) is 0.556. The number of ether oxygens (including phenoxy) is 1. The molecule has 1 saturated carbocycles. The van der Waals surface area contributed by atoms with E-state index < -0.39 is 11.9 Å². The minimum Gasteiger partial charge on any atom is -0.488 e. The molecule has 124 valence electrons. The van der Waals surface area contributed by atoms with E-state index in [2.05, 4.69) is 0 Å². The predicted molar refractivity (Wildman–Crippen MR) is 86.7 cm³/mol. The van der Waals surface area contributed by atoms with Crippen LogP contribution in [0.15, 0.2) is 30.3 Å². The second-order valence-electron chi connectivity index (χ2n) is 6.61. The van der Waals surface area contributed by atoms with Gasteiger partial charge in [0.15, 0.2) is 0 Å². The number of amides is 2. The maximum Gasteiger partial charge on any atom is 0.240 e. The highest BCUT2D eigenvalue weighted by molar-refractivity contribution is 5.87. The number of benzene rings is 1. The first-order chi connectivity index (χ1) is 11.1. The highest BCUT2D eigenvalue weighted by atomic mass is 16.5. The molecule has 1 saturated heterocycles. The van der Waals surface area contributed by atoms with E-state index in [-0.39, 0.29) is 12.0 Å². The van der Waals surface area contributed by atoms with Gasteiger partial charge < -0.3 is 15.4 Å². The van der Waals surface area contributed by atoms with Gasteiger partial charge in [-0.25, -0.2) is 0 Å². The van der Waals surface area contributed by atoms with Crippen molar-refractivity contribution < 1.29 is 14.3 Å². The predicted octanol–water partition coefficient (Wildman–Crippen LogP) is 2.10. The number of hydrogen-bond acceptors (Lipinski definition) is 3. The molecule has 0 bridgehead atoms. The van der Waals surface area contributed by atoms with E-state index in [1.165, 1.54) is 12.8 Å². The average molecular weight is 316 g/mol. The first-order valence-electron chi connectivity index (χ1n) is 8.44. The molecular weight excluding hydrogens is 292 g/mol. The third-order valence-corrected chi connectivity index (χ3v) is 4.90. The summed E-state index contributed by atoms with van der Waals surface area (Å²) in [6.07, 6.45) is 5.47. The standard InChI is InChI=1S/C18H24N2O3/c19-18(22)16-11-15(23-14-8-2-1-3-9-14)12-20(16)17(21)10-13-6-4-5-7-13/h1-3,8-9,13,15-16H,4-7,10-12H2,(H2,19,22)/t15-,16-/m0/s1. The largest absolute Gasteiger partial charge is 0.488 e. The van der Waals surface area contributed by atoms with Gasteiger partial charge in [-0.1, -0.05) is 31.0 Å². The summed E-state index contributed by atoms with van der Waals surface area (Å²) < 4.78 is 5.90. The van der Waals surface area contributed by atoms with Crippen LogP contribution < -0.4 is 10.5 Å². The number of rotatable bonds is 5. The van der Waals surface area contributed by atoms with Crippen molar-refractivity contribution in [2.45, 2.75) is 50.7 Å². The summed E-state index contributed by atoms with van der Waals surface area (Å²) in [6.45, 7) is 0.439. The van der Waals surface area contributed by atoms with Crippen LogP contribution in [0.1, 0.15) is 38.5 Å². The number of primary amides is 1. The van der Waals surface area contributed by atoms with Gasteiger partial charge in [-0.15, -0.1) is 0 Å². The minimum absolute atomic E-state index is 0.0415. The number of hydrogen-bond donors (Lipinski definition) is 1. The number of likely N-dealkylation sites (tertiary alicyclic amines) is 1. The van der Waals surface area contributed by atoms with E-state index in [1.807, 2.05) is 30.3 Å². The van der Waals surface area contributed by atoms with Gasteiger partial charge in [0.2, 0.25) is 11.8 Å². The number of nitrogens with zero attached hydrogens (tertiary/aromatic N) is 1. The Kier molecular flexibility index (Phi) is 4.84.